The monoisotopic (exact) mass is 242 g/mol. The van der Waals surface area contributed by atoms with Crippen LogP contribution in [0.15, 0.2) is 18.2 Å². The van der Waals surface area contributed by atoms with E-state index in [1.165, 1.54) is 0 Å². The number of aliphatic hydroxyl groups excluding tert-OH is 1. The van der Waals surface area contributed by atoms with Gasteiger partial charge in [0.15, 0.2) is 5.78 Å². The summed E-state index contributed by atoms with van der Waals surface area (Å²) >= 11 is 0. The number of rotatable bonds is 5. The number of carbonyl (C=O) groups excluding carboxylic acids is 1. The second kappa shape index (κ2) is 5.87. The lowest BCUT2D eigenvalue weighted by Crippen LogP contribution is -2.29. The Bertz CT molecular complexity index is 400. The van der Waals surface area contributed by atoms with Gasteiger partial charge in [0.25, 0.3) is 0 Å². The molecule has 2 nitrogen and oxygen atoms in total. The highest BCUT2D eigenvalue weighted by Crippen LogP contribution is 2.19. The Labute approximate surface area is 99.3 Å². The van der Waals surface area contributed by atoms with Crippen LogP contribution >= 0.6 is 0 Å². The minimum absolute atomic E-state index is 0.202. The summed E-state index contributed by atoms with van der Waals surface area (Å²) in [5.41, 5.74) is -0.259. The molecular formula is C13H16F2O2. The van der Waals surface area contributed by atoms with Crippen LogP contribution in [-0.2, 0) is 0 Å². The SMILES string of the molecule is CCC(CC)C(O)C(=O)c1ccc(F)cc1F. The molecule has 0 bridgehead atoms. The van der Waals surface area contributed by atoms with Crippen molar-refractivity contribution in [2.75, 3.05) is 0 Å². The lowest BCUT2D eigenvalue weighted by Gasteiger charge is -2.18. The highest BCUT2D eigenvalue weighted by molar-refractivity contribution is 5.99. The van der Waals surface area contributed by atoms with Crippen LogP contribution in [0.2, 0.25) is 0 Å². The van der Waals surface area contributed by atoms with E-state index in [2.05, 4.69) is 0 Å². The van der Waals surface area contributed by atoms with Gasteiger partial charge >= 0.3 is 0 Å². The van der Waals surface area contributed by atoms with Crippen molar-refractivity contribution in [3.63, 3.8) is 0 Å². The van der Waals surface area contributed by atoms with E-state index in [1.54, 1.807) is 0 Å². The van der Waals surface area contributed by atoms with Gasteiger partial charge in [0.1, 0.15) is 17.7 Å². The summed E-state index contributed by atoms with van der Waals surface area (Å²) in [5, 5.41) is 9.81. The average Bonchev–Trinajstić information content (AvgIpc) is 2.29. The normalized spacial score (nSPS) is 12.8. The molecule has 0 fully saturated rings. The first kappa shape index (κ1) is 13.8. The van der Waals surface area contributed by atoms with Crippen molar-refractivity contribution in [1.82, 2.24) is 0 Å². The van der Waals surface area contributed by atoms with E-state index in [0.29, 0.717) is 18.9 Å². The molecule has 0 aliphatic carbocycles. The molecule has 1 aromatic rings. The van der Waals surface area contributed by atoms with Gasteiger partial charge in [0.05, 0.1) is 5.56 Å². The Morgan fingerprint density at radius 3 is 2.35 bits per heavy atom. The van der Waals surface area contributed by atoms with Gasteiger partial charge in [0, 0.05) is 6.07 Å². The third kappa shape index (κ3) is 3.09. The second-order valence-corrected chi connectivity index (χ2v) is 4.01. The molecule has 94 valence electrons. The molecule has 0 aliphatic rings. The maximum atomic E-state index is 13.4. The third-order valence-electron chi connectivity index (χ3n) is 2.96. The van der Waals surface area contributed by atoms with E-state index < -0.39 is 23.5 Å². The third-order valence-corrected chi connectivity index (χ3v) is 2.96. The Balaban J connectivity index is 2.96. The zero-order valence-corrected chi connectivity index (χ0v) is 9.91. The Morgan fingerprint density at radius 1 is 1.29 bits per heavy atom. The van der Waals surface area contributed by atoms with Crippen LogP contribution in [-0.4, -0.2) is 17.0 Å². The molecule has 17 heavy (non-hydrogen) atoms. The first-order valence-corrected chi connectivity index (χ1v) is 5.68. The van der Waals surface area contributed by atoms with E-state index in [9.17, 15) is 18.7 Å². The van der Waals surface area contributed by atoms with Crippen molar-refractivity contribution in [3.05, 3.63) is 35.4 Å². The van der Waals surface area contributed by atoms with Gasteiger partial charge in [-0.1, -0.05) is 26.7 Å². The van der Waals surface area contributed by atoms with Crippen molar-refractivity contribution in [1.29, 1.82) is 0 Å². The number of hydrogen-bond acceptors (Lipinski definition) is 2. The predicted octanol–water partition coefficient (Wildman–Crippen LogP) is 2.94. The van der Waals surface area contributed by atoms with Gasteiger partial charge in [-0.25, -0.2) is 8.78 Å². The summed E-state index contributed by atoms with van der Waals surface area (Å²) in [4.78, 5) is 11.8. The lowest BCUT2D eigenvalue weighted by molar-refractivity contribution is 0.0583. The van der Waals surface area contributed by atoms with Gasteiger partial charge in [-0.2, -0.15) is 0 Å². The minimum atomic E-state index is -1.23. The quantitative estimate of drug-likeness (QED) is 0.806. The highest BCUT2D eigenvalue weighted by atomic mass is 19.1. The fourth-order valence-corrected chi connectivity index (χ4v) is 1.80. The average molecular weight is 242 g/mol. The summed E-state index contributed by atoms with van der Waals surface area (Å²) in [7, 11) is 0. The summed E-state index contributed by atoms with van der Waals surface area (Å²) in [6.45, 7) is 3.71. The Hall–Kier alpha value is -1.29. The fraction of sp³-hybridized carbons (Fsp3) is 0.462. The molecule has 0 saturated heterocycles. The molecule has 0 amide bonds. The Morgan fingerprint density at radius 2 is 1.88 bits per heavy atom. The molecule has 0 radical (unpaired) electrons. The zero-order chi connectivity index (χ0) is 13.0. The maximum Gasteiger partial charge on any atom is 0.194 e. The van der Waals surface area contributed by atoms with Gasteiger partial charge in [-0.15, -0.1) is 0 Å². The van der Waals surface area contributed by atoms with Crippen LogP contribution in [0.1, 0.15) is 37.0 Å². The summed E-state index contributed by atoms with van der Waals surface area (Å²) in [6, 6.07) is 2.72. The van der Waals surface area contributed by atoms with E-state index in [-0.39, 0.29) is 11.5 Å². The van der Waals surface area contributed by atoms with E-state index in [1.807, 2.05) is 13.8 Å². The molecule has 1 rings (SSSR count). The van der Waals surface area contributed by atoms with E-state index in [4.69, 9.17) is 0 Å². The number of benzene rings is 1. The van der Waals surface area contributed by atoms with Crippen molar-refractivity contribution >= 4 is 5.78 Å². The summed E-state index contributed by atoms with van der Waals surface area (Å²) in [5.74, 6) is -2.56. The Kier molecular flexibility index (Phi) is 4.75. The van der Waals surface area contributed by atoms with Crippen molar-refractivity contribution in [3.8, 4) is 0 Å². The lowest BCUT2D eigenvalue weighted by atomic mass is 9.91. The van der Waals surface area contributed by atoms with E-state index >= 15 is 0 Å². The number of ketones is 1. The molecule has 1 unspecified atom stereocenters. The maximum absolute atomic E-state index is 13.4. The largest absolute Gasteiger partial charge is 0.385 e. The molecular weight excluding hydrogens is 226 g/mol. The summed E-state index contributed by atoms with van der Waals surface area (Å²) in [6.07, 6.45) is 0.0308. The van der Waals surface area contributed by atoms with Gasteiger partial charge < -0.3 is 5.11 Å². The highest BCUT2D eigenvalue weighted by Gasteiger charge is 2.26. The first-order valence-electron chi connectivity index (χ1n) is 5.68. The number of halogens is 2. The van der Waals surface area contributed by atoms with Crippen LogP contribution in [0.25, 0.3) is 0 Å². The molecule has 0 saturated carbocycles. The van der Waals surface area contributed by atoms with Crippen molar-refractivity contribution in [2.24, 2.45) is 5.92 Å². The van der Waals surface area contributed by atoms with Crippen LogP contribution in [0.4, 0.5) is 8.78 Å². The number of aliphatic hydroxyl groups is 1. The molecule has 0 heterocycles. The number of hydrogen-bond donors (Lipinski definition) is 1. The number of Topliss-reactive ketones (excluding diaryl/α,β-unsaturated/α-hetero) is 1. The molecule has 1 atom stereocenters. The number of carbonyl (C=O) groups is 1. The fourth-order valence-electron chi connectivity index (χ4n) is 1.80. The smallest absolute Gasteiger partial charge is 0.194 e. The van der Waals surface area contributed by atoms with Gasteiger partial charge in [-0.3, -0.25) is 4.79 Å². The van der Waals surface area contributed by atoms with Crippen molar-refractivity contribution < 1.29 is 18.7 Å². The van der Waals surface area contributed by atoms with E-state index in [0.717, 1.165) is 12.1 Å². The molecule has 4 heteroatoms. The summed E-state index contributed by atoms with van der Waals surface area (Å²) < 4.78 is 26.0. The molecule has 0 aliphatic heterocycles. The molecule has 1 aromatic carbocycles. The van der Waals surface area contributed by atoms with Crippen LogP contribution in [0, 0.1) is 17.6 Å². The molecule has 0 aromatic heterocycles. The second-order valence-electron chi connectivity index (χ2n) is 4.01. The van der Waals surface area contributed by atoms with Crippen LogP contribution < -0.4 is 0 Å². The molecule has 0 spiro atoms. The van der Waals surface area contributed by atoms with Gasteiger partial charge in [0.2, 0.25) is 0 Å². The molecule has 1 N–H and O–H groups in total. The zero-order valence-electron chi connectivity index (χ0n) is 9.91. The standard InChI is InChI=1S/C13H16F2O2/c1-3-8(4-2)12(16)13(17)10-6-5-9(14)7-11(10)15/h5-8,12,16H,3-4H2,1-2H3. The van der Waals surface area contributed by atoms with Gasteiger partial charge in [-0.05, 0) is 18.1 Å². The van der Waals surface area contributed by atoms with Crippen LogP contribution in [0.3, 0.4) is 0 Å². The minimum Gasteiger partial charge on any atom is -0.385 e. The topological polar surface area (TPSA) is 37.3 Å². The van der Waals surface area contributed by atoms with Crippen LogP contribution in [0.5, 0.6) is 0 Å². The van der Waals surface area contributed by atoms with Crippen molar-refractivity contribution in [2.45, 2.75) is 32.8 Å². The predicted molar refractivity (Wildman–Crippen MR) is 60.8 cm³/mol. The first-order chi connectivity index (χ1) is 8.01.